The molecule has 0 aromatic carbocycles. The lowest BCUT2D eigenvalue weighted by Crippen LogP contribution is -1.48. The van der Waals surface area contributed by atoms with Gasteiger partial charge in [0.15, 0.2) is 0 Å². The van der Waals surface area contributed by atoms with Gasteiger partial charge in [-0.1, -0.05) is 14.3 Å². The molecule has 0 rings (SSSR count). The Kier molecular flexibility index (Phi) is 5.15. The first-order valence-corrected chi connectivity index (χ1v) is 4.48. The van der Waals surface area contributed by atoms with Gasteiger partial charge in [0.25, 0.3) is 0 Å². The standard InChI is InChI=1S/C3H8P2/c1-2-3-5-4/h2,5H,1,3-4H2. The van der Waals surface area contributed by atoms with Crippen LogP contribution in [0.4, 0.5) is 0 Å². The molecule has 0 fully saturated rings. The summed E-state index contributed by atoms with van der Waals surface area (Å²) < 4.78 is 0. The van der Waals surface area contributed by atoms with Gasteiger partial charge in [0, 0.05) is 0 Å². The molecular weight excluding hydrogens is 98.0 g/mol. The first-order chi connectivity index (χ1) is 2.41. The molecule has 0 saturated carbocycles. The molecule has 0 amide bonds. The summed E-state index contributed by atoms with van der Waals surface area (Å²) in [6.07, 6.45) is 3.07. The highest BCUT2D eigenvalue weighted by atomic mass is 32.0. The van der Waals surface area contributed by atoms with Gasteiger partial charge in [-0.25, -0.2) is 0 Å². The number of hydrogen-bond donors (Lipinski definition) is 0. The van der Waals surface area contributed by atoms with Gasteiger partial charge in [-0.2, -0.15) is 0 Å². The van der Waals surface area contributed by atoms with Crippen LogP contribution in [-0.2, 0) is 0 Å². The second-order valence-corrected chi connectivity index (χ2v) is 2.74. The van der Waals surface area contributed by atoms with Crippen molar-refractivity contribution in [2.24, 2.45) is 0 Å². The van der Waals surface area contributed by atoms with Crippen LogP contribution in [0.3, 0.4) is 0 Å². The van der Waals surface area contributed by atoms with E-state index < -0.39 is 0 Å². The van der Waals surface area contributed by atoms with Crippen LogP contribution in [0.5, 0.6) is 0 Å². The predicted molar refractivity (Wildman–Crippen MR) is 33.1 cm³/mol. The largest absolute Gasteiger partial charge is 0.114 e. The highest BCUT2D eigenvalue weighted by Crippen LogP contribution is 2.18. The van der Waals surface area contributed by atoms with Crippen LogP contribution in [-0.4, -0.2) is 6.16 Å². The van der Waals surface area contributed by atoms with Crippen molar-refractivity contribution in [3.8, 4) is 0 Å². The topological polar surface area (TPSA) is 0 Å². The average molecular weight is 106 g/mol. The minimum atomic E-state index is 0.956. The van der Waals surface area contributed by atoms with Crippen LogP contribution in [0.15, 0.2) is 12.7 Å². The maximum Gasteiger partial charge on any atom is -0.0141 e. The maximum atomic E-state index is 3.54. The number of rotatable bonds is 2. The molecule has 0 N–H and O–H groups in total. The van der Waals surface area contributed by atoms with Crippen molar-refractivity contribution < 1.29 is 0 Å². The molecule has 5 heavy (non-hydrogen) atoms. The molecule has 30 valence electrons. The third kappa shape index (κ3) is 4.60. The summed E-state index contributed by atoms with van der Waals surface area (Å²) in [5.41, 5.74) is 0. The quantitative estimate of drug-likeness (QED) is 0.370. The zero-order chi connectivity index (χ0) is 4.12. The first-order valence-electron chi connectivity index (χ1n) is 1.46. The highest BCUT2D eigenvalue weighted by molar-refractivity contribution is 8.02. The zero-order valence-corrected chi connectivity index (χ0v) is 5.22. The van der Waals surface area contributed by atoms with Gasteiger partial charge in [-0.15, -0.1) is 15.5 Å². The minimum absolute atomic E-state index is 0.956. The molecule has 0 aliphatic rings. The van der Waals surface area contributed by atoms with E-state index in [1.54, 1.807) is 0 Å². The fourth-order valence-electron chi connectivity index (χ4n) is 0.0833. The van der Waals surface area contributed by atoms with Crippen molar-refractivity contribution in [1.82, 2.24) is 0 Å². The Morgan fingerprint density at radius 1 is 2.00 bits per heavy atom. The van der Waals surface area contributed by atoms with Gasteiger partial charge in [0.05, 0.1) is 0 Å². The number of allylic oxidation sites excluding steroid dienone is 1. The molecule has 0 aliphatic carbocycles. The lowest BCUT2D eigenvalue weighted by Gasteiger charge is -1.74. The molecule has 0 bridgehead atoms. The smallest absolute Gasteiger partial charge is 0.0141 e. The average Bonchev–Trinajstić information content (AvgIpc) is 1.41. The van der Waals surface area contributed by atoms with Gasteiger partial charge >= 0.3 is 0 Å². The Balaban J connectivity index is 2.40. The predicted octanol–water partition coefficient (Wildman–Crippen LogP) is 1.64. The molecular formula is C3H8P2. The van der Waals surface area contributed by atoms with E-state index in [1.807, 2.05) is 6.08 Å². The maximum absolute atomic E-state index is 3.54. The van der Waals surface area contributed by atoms with Crippen molar-refractivity contribution in [2.75, 3.05) is 6.16 Å². The Hall–Kier alpha value is 0.600. The van der Waals surface area contributed by atoms with Crippen LogP contribution in [0.2, 0.25) is 0 Å². The van der Waals surface area contributed by atoms with Crippen LogP contribution in [0.1, 0.15) is 0 Å². The van der Waals surface area contributed by atoms with Crippen molar-refractivity contribution in [2.45, 2.75) is 0 Å². The molecule has 0 aromatic heterocycles. The van der Waals surface area contributed by atoms with E-state index in [1.165, 1.54) is 0 Å². The van der Waals surface area contributed by atoms with Gasteiger partial charge in [-0.3, -0.25) is 0 Å². The summed E-state index contributed by atoms with van der Waals surface area (Å²) in [5, 5.41) is 0. The Morgan fingerprint density at radius 3 is 2.60 bits per heavy atom. The van der Waals surface area contributed by atoms with Crippen molar-refractivity contribution >= 4 is 17.2 Å². The molecule has 0 aliphatic heterocycles. The Bertz CT molecular complexity index is 26.1. The van der Waals surface area contributed by atoms with Crippen LogP contribution < -0.4 is 0 Å². The van der Waals surface area contributed by atoms with E-state index in [2.05, 4.69) is 15.5 Å². The summed E-state index contributed by atoms with van der Waals surface area (Å²) in [6.45, 7) is 3.54. The lowest BCUT2D eigenvalue weighted by atomic mass is 10.8. The molecule has 0 spiro atoms. The molecule has 0 heterocycles. The van der Waals surface area contributed by atoms with Gasteiger partial charge in [-0.05, 0) is 6.16 Å². The molecule has 2 atom stereocenters. The molecule has 0 radical (unpaired) electrons. The third-order valence-electron chi connectivity index (χ3n) is 0.262. The first kappa shape index (κ1) is 5.60. The fraction of sp³-hybridized carbons (Fsp3) is 0.333. The van der Waals surface area contributed by atoms with Crippen molar-refractivity contribution in [3.63, 3.8) is 0 Å². The normalized spacial score (nSPS) is 9.80. The van der Waals surface area contributed by atoms with E-state index in [0.717, 1.165) is 14.4 Å². The SMILES string of the molecule is C=CCPP. The van der Waals surface area contributed by atoms with Crippen molar-refractivity contribution in [1.29, 1.82) is 0 Å². The van der Waals surface area contributed by atoms with Crippen LogP contribution in [0.25, 0.3) is 0 Å². The molecule has 0 nitrogen and oxygen atoms in total. The number of hydrogen-bond acceptors (Lipinski definition) is 0. The van der Waals surface area contributed by atoms with E-state index in [-0.39, 0.29) is 0 Å². The summed E-state index contributed by atoms with van der Waals surface area (Å²) in [5.74, 6) is 0. The van der Waals surface area contributed by atoms with Gasteiger partial charge in [0.1, 0.15) is 0 Å². The Labute approximate surface area is 36.9 Å². The molecule has 2 unspecified atom stereocenters. The third-order valence-corrected chi connectivity index (χ3v) is 1.49. The Morgan fingerprint density at radius 2 is 2.60 bits per heavy atom. The van der Waals surface area contributed by atoms with Crippen LogP contribution in [0, 0.1) is 0 Å². The second-order valence-electron chi connectivity index (χ2n) is 0.697. The summed E-state index contributed by atoms with van der Waals surface area (Å²) in [4.78, 5) is 0. The van der Waals surface area contributed by atoms with Gasteiger partial charge in [0.2, 0.25) is 0 Å². The van der Waals surface area contributed by atoms with Crippen LogP contribution >= 0.6 is 17.2 Å². The molecule has 2 heteroatoms. The lowest BCUT2D eigenvalue weighted by molar-refractivity contribution is 1.83. The summed E-state index contributed by atoms with van der Waals surface area (Å²) >= 11 is 0. The monoisotopic (exact) mass is 106 g/mol. The zero-order valence-electron chi connectivity index (χ0n) is 3.07. The summed E-state index contributed by atoms with van der Waals surface area (Å²) in [7, 11) is 3.61. The fourth-order valence-corrected chi connectivity index (χ4v) is 0.750. The molecule has 0 saturated heterocycles. The van der Waals surface area contributed by atoms with E-state index in [4.69, 9.17) is 0 Å². The second kappa shape index (κ2) is 4.60. The van der Waals surface area contributed by atoms with Crippen molar-refractivity contribution in [3.05, 3.63) is 12.7 Å². The van der Waals surface area contributed by atoms with E-state index >= 15 is 0 Å². The van der Waals surface area contributed by atoms with E-state index in [0.29, 0.717) is 0 Å². The molecule has 0 aromatic rings. The van der Waals surface area contributed by atoms with E-state index in [9.17, 15) is 0 Å². The van der Waals surface area contributed by atoms with Gasteiger partial charge < -0.3 is 0 Å². The highest BCUT2D eigenvalue weighted by Gasteiger charge is 1.60. The minimum Gasteiger partial charge on any atom is -0.114 e. The summed E-state index contributed by atoms with van der Waals surface area (Å²) in [6, 6.07) is 0.